The summed E-state index contributed by atoms with van der Waals surface area (Å²) >= 11 is 5.85. The van der Waals surface area contributed by atoms with Gasteiger partial charge in [-0.25, -0.2) is 9.97 Å². The molecule has 17 heavy (non-hydrogen) atoms. The number of fused-ring (bicyclic) bond motifs is 1. The van der Waals surface area contributed by atoms with Crippen LogP contribution in [0.3, 0.4) is 0 Å². The number of rotatable bonds is 2. The summed E-state index contributed by atoms with van der Waals surface area (Å²) in [5.41, 5.74) is 0. The molecule has 0 amide bonds. The molecule has 2 saturated heterocycles. The van der Waals surface area contributed by atoms with Crippen molar-refractivity contribution in [3.63, 3.8) is 0 Å². The van der Waals surface area contributed by atoms with Crippen LogP contribution in [0.5, 0.6) is 0 Å². The van der Waals surface area contributed by atoms with Gasteiger partial charge in [0.05, 0.1) is 0 Å². The Hall–Kier alpha value is -0.870. The molecule has 3 rings (SSSR count). The van der Waals surface area contributed by atoms with Gasteiger partial charge in [-0.05, 0) is 32.2 Å². The number of piperidine rings is 1. The second-order valence-corrected chi connectivity index (χ2v) is 5.31. The van der Waals surface area contributed by atoms with E-state index in [1.807, 2.05) is 0 Å². The topological polar surface area (TPSA) is 41.0 Å². The van der Waals surface area contributed by atoms with Gasteiger partial charge in [-0.3, -0.25) is 0 Å². The van der Waals surface area contributed by atoms with Gasteiger partial charge in [0.15, 0.2) is 0 Å². The van der Waals surface area contributed by atoms with Gasteiger partial charge in [0.1, 0.15) is 17.3 Å². The summed E-state index contributed by atoms with van der Waals surface area (Å²) in [6.07, 6.45) is 6.63. The zero-order valence-corrected chi connectivity index (χ0v) is 10.5. The van der Waals surface area contributed by atoms with Crippen LogP contribution in [0, 0.1) is 0 Å². The minimum absolute atomic E-state index is 0.501. The lowest BCUT2D eigenvalue weighted by atomic mass is 9.98. The molecule has 0 aromatic carbocycles. The minimum atomic E-state index is 0.501. The van der Waals surface area contributed by atoms with Crippen molar-refractivity contribution in [2.45, 2.75) is 37.8 Å². The largest absolute Gasteiger partial charge is 0.367 e. The molecule has 0 bridgehead atoms. The maximum absolute atomic E-state index is 5.85. The van der Waals surface area contributed by atoms with Gasteiger partial charge in [0.2, 0.25) is 0 Å². The van der Waals surface area contributed by atoms with Gasteiger partial charge in [0, 0.05) is 24.7 Å². The second-order valence-electron chi connectivity index (χ2n) is 4.92. The predicted octanol–water partition coefficient (Wildman–Crippen LogP) is 2.17. The Morgan fingerprint density at radius 2 is 2.24 bits per heavy atom. The molecule has 2 unspecified atom stereocenters. The first-order chi connectivity index (χ1) is 8.31. The van der Waals surface area contributed by atoms with Crippen LogP contribution in [0.25, 0.3) is 0 Å². The highest BCUT2D eigenvalue weighted by Crippen LogP contribution is 2.28. The van der Waals surface area contributed by atoms with E-state index in [0.29, 0.717) is 11.2 Å². The number of nitrogens with one attached hydrogen (secondary N) is 1. The molecule has 0 aliphatic carbocycles. The lowest BCUT2D eigenvalue weighted by Gasteiger charge is -2.35. The van der Waals surface area contributed by atoms with Crippen LogP contribution in [-0.2, 0) is 0 Å². The minimum Gasteiger partial charge on any atom is -0.367 e. The highest BCUT2D eigenvalue weighted by Gasteiger charge is 2.31. The zero-order valence-electron chi connectivity index (χ0n) is 9.77. The first kappa shape index (κ1) is 11.2. The molecule has 2 atom stereocenters. The van der Waals surface area contributed by atoms with Crippen LogP contribution < -0.4 is 5.32 Å². The SMILES string of the molecule is Clc1cc(NC2CCN3CCCC3C2)ncn1. The number of hydrogen-bond donors (Lipinski definition) is 1. The van der Waals surface area contributed by atoms with Crippen LogP contribution >= 0.6 is 11.6 Å². The molecule has 0 saturated carbocycles. The van der Waals surface area contributed by atoms with Gasteiger partial charge in [0.25, 0.3) is 0 Å². The molecule has 92 valence electrons. The first-order valence-electron chi connectivity index (χ1n) is 6.29. The van der Waals surface area contributed by atoms with E-state index in [4.69, 9.17) is 11.6 Å². The van der Waals surface area contributed by atoms with Gasteiger partial charge in [-0.15, -0.1) is 0 Å². The Balaban J connectivity index is 1.62. The Bertz CT molecular complexity index is 398. The number of halogens is 1. The number of hydrogen-bond acceptors (Lipinski definition) is 4. The summed E-state index contributed by atoms with van der Waals surface area (Å²) in [4.78, 5) is 10.7. The van der Waals surface area contributed by atoms with E-state index in [0.717, 1.165) is 11.9 Å². The molecular weight excluding hydrogens is 236 g/mol. The van der Waals surface area contributed by atoms with Crippen LogP contribution in [0.15, 0.2) is 12.4 Å². The van der Waals surface area contributed by atoms with E-state index in [9.17, 15) is 0 Å². The summed E-state index contributed by atoms with van der Waals surface area (Å²) < 4.78 is 0. The molecule has 3 heterocycles. The van der Waals surface area contributed by atoms with Gasteiger partial charge >= 0.3 is 0 Å². The third-order valence-electron chi connectivity index (χ3n) is 3.81. The fourth-order valence-corrected chi connectivity index (χ4v) is 3.12. The molecule has 1 aromatic rings. The second kappa shape index (κ2) is 4.78. The van der Waals surface area contributed by atoms with E-state index in [1.54, 1.807) is 6.07 Å². The summed E-state index contributed by atoms with van der Waals surface area (Å²) in [7, 11) is 0. The lowest BCUT2D eigenvalue weighted by Crippen LogP contribution is -2.42. The van der Waals surface area contributed by atoms with Crippen molar-refractivity contribution >= 4 is 17.4 Å². The standard InChI is InChI=1S/C12H17ClN4/c13-11-7-12(15-8-14-11)16-9-3-5-17-4-1-2-10(17)6-9/h7-10H,1-6H2,(H,14,15,16). The number of nitrogens with zero attached hydrogens (tertiary/aromatic N) is 3. The third-order valence-corrected chi connectivity index (χ3v) is 4.01. The van der Waals surface area contributed by atoms with Crippen molar-refractivity contribution in [3.05, 3.63) is 17.5 Å². The molecule has 4 nitrogen and oxygen atoms in total. The van der Waals surface area contributed by atoms with Crippen LogP contribution in [0.1, 0.15) is 25.7 Å². The van der Waals surface area contributed by atoms with E-state index < -0.39 is 0 Å². The maximum atomic E-state index is 5.85. The quantitative estimate of drug-likeness (QED) is 0.819. The zero-order chi connectivity index (χ0) is 11.7. The van der Waals surface area contributed by atoms with Crippen LogP contribution in [0.4, 0.5) is 5.82 Å². The smallest absolute Gasteiger partial charge is 0.134 e. The summed E-state index contributed by atoms with van der Waals surface area (Å²) in [6, 6.07) is 3.10. The molecule has 1 aromatic heterocycles. The molecule has 2 fully saturated rings. The average Bonchev–Trinajstić information content (AvgIpc) is 2.76. The third kappa shape index (κ3) is 2.53. The highest BCUT2D eigenvalue weighted by molar-refractivity contribution is 6.29. The van der Waals surface area contributed by atoms with E-state index in [-0.39, 0.29) is 0 Å². The molecule has 5 heteroatoms. The summed E-state index contributed by atoms with van der Waals surface area (Å²) in [5, 5.41) is 3.97. The fourth-order valence-electron chi connectivity index (χ4n) is 2.98. The highest BCUT2D eigenvalue weighted by atomic mass is 35.5. The fraction of sp³-hybridized carbons (Fsp3) is 0.667. The first-order valence-corrected chi connectivity index (χ1v) is 6.67. The van der Waals surface area contributed by atoms with Crippen molar-refractivity contribution in [2.75, 3.05) is 18.4 Å². The maximum Gasteiger partial charge on any atom is 0.134 e. The molecule has 0 spiro atoms. The Morgan fingerprint density at radius 3 is 3.12 bits per heavy atom. The van der Waals surface area contributed by atoms with Crippen molar-refractivity contribution in [1.82, 2.24) is 14.9 Å². The predicted molar refractivity (Wildman–Crippen MR) is 68.3 cm³/mol. The van der Waals surface area contributed by atoms with E-state index in [1.165, 1.54) is 45.1 Å². The molecule has 2 aliphatic rings. The monoisotopic (exact) mass is 252 g/mol. The normalized spacial score (nSPS) is 29.0. The molecule has 2 aliphatic heterocycles. The van der Waals surface area contributed by atoms with Crippen LogP contribution in [-0.4, -0.2) is 40.0 Å². The number of anilines is 1. The van der Waals surface area contributed by atoms with Crippen LogP contribution in [0.2, 0.25) is 5.15 Å². The van der Waals surface area contributed by atoms with Gasteiger partial charge in [-0.1, -0.05) is 11.6 Å². The number of aromatic nitrogens is 2. The summed E-state index contributed by atoms with van der Waals surface area (Å²) in [6.45, 7) is 2.50. The van der Waals surface area contributed by atoms with Gasteiger partial charge in [-0.2, -0.15) is 0 Å². The van der Waals surface area contributed by atoms with Gasteiger partial charge < -0.3 is 10.2 Å². The Morgan fingerprint density at radius 1 is 1.29 bits per heavy atom. The molecule has 0 radical (unpaired) electrons. The molecule has 1 N–H and O–H groups in total. The summed E-state index contributed by atoms with van der Waals surface area (Å²) in [5.74, 6) is 0.849. The van der Waals surface area contributed by atoms with Crippen molar-refractivity contribution in [2.24, 2.45) is 0 Å². The molecular formula is C12H17ClN4. The Labute approximate surface area is 106 Å². The Kier molecular flexibility index (Phi) is 3.16. The van der Waals surface area contributed by atoms with E-state index in [2.05, 4.69) is 20.2 Å². The van der Waals surface area contributed by atoms with E-state index >= 15 is 0 Å². The van der Waals surface area contributed by atoms with Crippen molar-refractivity contribution < 1.29 is 0 Å². The van der Waals surface area contributed by atoms with Crippen molar-refractivity contribution in [3.8, 4) is 0 Å². The lowest BCUT2D eigenvalue weighted by molar-refractivity contribution is 0.188. The average molecular weight is 253 g/mol. The van der Waals surface area contributed by atoms with Crippen molar-refractivity contribution in [1.29, 1.82) is 0 Å².